The van der Waals surface area contributed by atoms with Crippen LogP contribution in [0.4, 0.5) is 0 Å². The van der Waals surface area contributed by atoms with Crippen LogP contribution in [0.3, 0.4) is 0 Å². The molecule has 0 bridgehead atoms. The monoisotopic (exact) mass is 384 g/mol. The Morgan fingerprint density at radius 2 is 1.59 bits per heavy atom. The fraction of sp³-hybridized carbons (Fsp3) is 0.120. The predicted molar refractivity (Wildman–Crippen MR) is 114 cm³/mol. The zero-order chi connectivity index (χ0) is 20.4. The Bertz CT molecular complexity index is 1220. The number of fused-ring (bicyclic) bond motifs is 1. The fourth-order valence-corrected chi connectivity index (χ4v) is 3.41. The zero-order valence-corrected chi connectivity index (χ0v) is 16.2. The third-order valence-corrected chi connectivity index (χ3v) is 4.93. The predicted octanol–water partition coefficient (Wildman–Crippen LogP) is 5.42. The Balaban J connectivity index is 1.73. The number of carbonyl (C=O) groups excluding carboxylic acids is 1. The summed E-state index contributed by atoms with van der Waals surface area (Å²) >= 11 is 0. The van der Waals surface area contributed by atoms with Crippen LogP contribution in [0.25, 0.3) is 22.1 Å². The Morgan fingerprint density at radius 1 is 0.931 bits per heavy atom. The van der Waals surface area contributed by atoms with Gasteiger partial charge in [0.25, 0.3) is 0 Å². The lowest BCUT2D eigenvalue weighted by atomic mass is 10.00. The first-order chi connectivity index (χ1) is 14.0. The number of aryl methyl sites for hydroxylation is 1. The van der Waals surface area contributed by atoms with Crippen LogP contribution in [0.2, 0.25) is 0 Å². The van der Waals surface area contributed by atoms with Gasteiger partial charge < -0.3 is 9.15 Å². The maximum atomic E-state index is 12.6. The minimum Gasteiger partial charge on any atom is -0.482 e. The van der Waals surface area contributed by atoms with Crippen molar-refractivity contribution in [2.75, 3.05) is 0 Å². The first-order valence-corrected chi connectivity index (χ1v) is 9.43. The van der Waals surface area contributed by atoms with Crippen LogP contribution in [0.1, 0.15) is 22.8 Å². The number of hydrogen-bond donors (Lipinski definition) is 0. The van der Waals surface area contributed by atoms with Crippen molar-refractivity contribution in [1.29, 1.82) is 0 Å². The summed E-state index contributed by atoms with van der Waals surface area (Å²) in [6, 6.07) is 23.9. The molecule has 1 aromatic heterocycles. The molecule has 144 valence electrons. The molecule has 0 saturated carbocycles. The largest absolute Gasteiger partial charge is 0.482 e. The lowest BCUT2D eigenvalue weighted by Gasteiger charge is -2.17. The van der Waals surface area contributed by atoms with E-state index in [2.05, 4.69) is 0 Å². The Labute approximate surface area is 168 Å². The van der Waals surface area contributed by atoms with Gasteiger partial charge in [0.2, 0.25) is 5.78 Å². The highest BCUT2D eigenvalue weighted by Crippen LogP contribution is 2.33. The molecule has 0 aliphatic rings. The molecule has 4 rings (SSSR count). The molecular formula is C25H20O4. The highest BCUT2D eigenvalue weighted by Gasteiger charge is 2.19. The van der Waals surface area contributed by atoms with Crippen molar-refractivity contribution in [3.8, 4) is 16.9 Å². The maximum Gasteiger partial charge on any atom is 0.336 e. The average molecular weight is 384 g/mol. The van der Waals surface area contributed by atoms with Gasteiger partial charge >= 0.3 is 5.63 Å². The van der Waals surface area contributed by atoms with E-state index in [1.54, 1.807) is 19.1 Å². The molecule has 3 aromatic carbocycles. The van der Waals surface area contributed by atoms with Gasteiger partial charge in [0, 0.05) is 22.6 Å². The van der Waals surface area contributed by atoms with E-state index in [-0.39, 0.29) is 5.78 Å². The summed E-state index contributed by atoms with van der Waals surface area (Å²) in [5, 5.41) is 0.822. The van der Waals surface area contributed by atoms with Gasteiger partial charge in [-0.2, -0.15) is 0 Å². The topological polar surface area (TPSA) is 56.5 Å². The van der Waals surface area contributed by atoms with Crippen molar-refractivity contribution in [1.82, 2.24) is 0 Å². The first-order valence-electron chi connectivity index (χ1n) is 9.43. The summed E-state index contributed by atoms with van der Waals surface area (Å²) < 4.78 is 11.4. The standard InChI is InChI=1S/C25H20O4/c1-16-22(28-17(2)24(27)19-11-7-4-8-12-19)14-13-20-21(15-23(26)29-25(16)20)18-9-5-3-6-10-18/h3-15,17H,1-2H3/t17-/m0/s1. The van der Waals surface area contributed by atoms with Crippen LogP contribution in [0.5, 0.6) is 5.75 Å². The first kappa shape index (κ1) is 18.7. The minimum absolute atomic E-state index is 0.107. The second kappa shape index (κ2) is 7.76. The molecule has 0 spiro atoms. The van der Waals surface area contributed by atoms with E-state index in [1.165, 1.54) is 6.07 Å². The quantitative estimate of drug-likeness (QED) is 0.341. The van der Waals surface area contributed by atoms with Crippen LogP contribution in [0.15, 0.2) is 88.1 Å². The van der Waals surface area contributed by atoms with Crippen LogP contribution in [0, 0.1) is 6.92 Å². The van der Waals surface area contributed by atoms with Gasteiger partial charge in [-0.15, -0.1) is 0 Å². The van der Waals surface area contributed by atoms with Gasteiger partial charge in [0.1, 0.15) is 11.3 Å². The van der Waals surface area contributed by atoms with E-state index < -0.39 is 11.7 Å². The van der Waals surface area contributed by atoms with E-state index in [9.17, 15) is 9.59 Å². The van der Waals surface area contributed by atoms with E-state index in [4.69, 9.17) is 9.15 Å². The van der Waals surface area contributed by atoms with E-state index in [1.807, 2.05) is 67.6 Å². The molecular weight excluding hydrogens is 364 g/mol. The molecule has 1 heterocycles. The maximum absolute atomic E-state index is 12.6. The van der Waals surface area contributed by atoms with Crippen LogP contribution >= 0.6 is 0 Å². The van der Waals surface area contributed by atoms with Crippen molar-refractivity contribution in [3.63, 3.8) is 0 Å². The molecule has 4 nitrogen and oxygen atoms in total. The molecule has 0 unspecified atom stereocenters. The lowest BCUT2D eigenvalue weighted by Crippen LogP contribution is -2.24. The van der Waals surface area contributed by atoms with Gasteiger partial charge in [0.15, 0.2) is 6.10 Å². The van der Waals surface area contributed by atoms with Crippen molar-refractivity contribution >= 4 is 16.8 Å². The Kier molecular flexibility index (Phi) is 5.00. The molecule has 4 heteroatoms. The summed E-state index contributed by atoms with van der Waals surface area (Å²) in [6.07, 6.45) is -0.669. The third kappa shape index (κ3) is 3.69. The third-order valence-electron chi connectivity index (χ3n) is 4.93. The van der Waals surface area contributed by atoms with Crippen LogP contribution in [-0.4, -0.2) is 11.9 Å². The van der Waals surface area contributed by atoms with E-state index in [0.29, 0.717) is 22.5 Å². The normalized spacial score (nSPS) is 11.9. The van der Waals surface area contributed by atoms with Gasteiger partial charge in [-0.25, -0.2) is 4.79 Å². The highest BCUT2D eigenvalue weighted by atomic mass is 16.5. The van der Waals surface area contributed by atoms with Gasteiger partial charge in [-0.3, -0.25) is 4.79 Å². The van der Waals surface area contributed by atoms with Gasteiger partial charge in [-0.05, 0) is 37.1 Å². The van der Waals surface area contributed by atoms with Crippen LogP contribution in [-0.2, 0) is 0 Å². The summed E-state index contributed by atoms with van der Waals surface area (Å²) in [6.45, 7) is 3.55. The molecule has 29 heavy (non-hydrogen) atoms. The summed E-state index contributed by atoms with van der Waals surface area (Å²) in [4.78, 5) is 24.8. The molecule has 0 saturated heterocycles. The van der Waals surface area contributed by atoms with Crippen molar-refractivity contribution in [3.05, 3.63) is 100 Å². The molecule has 4 aromatic rings. The minimum atomic E-state index is -0.669. The number of Topliss-reactive ketones (excluding diaryl/α,β-unsaturated/α-hetero) is 1. The molecule has 0 fully saturated rings. The molecule has 0 aliphatic heterocycles. The number of hydrogen-bond acceptors (Lipinski definition) is 4. The number of ether oxygens (including phenoxy) is 1. The number of rotatable bonds is 5. The zero-order valence-electron chi connectivity index (χ0n) is 16.2. The SMILES string of the molecule is Cc1c(O[C@@H](C)C(=O)c2ccccc2)ccc2c(-c3ccccc3)cc(=O)oc12. The lowest BCUT2D eigenvalue weighted by molar-refractivity contribution is 0.0817. The van der Waals surface area contributed by atoms with Crippen LogP contribution < -0.4 is 10.4 Å². The van der Waals surface area contributed by atoms with Crippen molar-refractivity contribution < 1.29 is 13.9 Å². The molecule has 0 N–H and O–H groups in total. The highest BCUT2D eigenvalue weighted by molar-refractivity contribution is 5.99. The van der Waals surface area contributed by atoms with Crippen molar-refractivity contribution in [2.45, 2.75) is 20.0 Å². The smallest absolute Gasteiger partial charge is 0.336 e. The number of carbonyl (C=O) groups is 1. The van der Waals surface area contributed by atoms with E-state index in [0.717, 1.165) is 16.5 Å². The summed E-state index contributed by atoms with van der Waals surface area (Å²) in [5.41, 5.74) is 3.06. The van der Waals surface area contributed by atoms with E-state index >= 15 is 0 Å². The second-order valence-electron chi connectivity index (χ2n) is 6.90. The number of benzene rings is 3. The summed E-state index contributed by atoms with van der Waals surface area (Å²) in [7, 11) is 0. The number of ketones is 1. The van der Waals surface area contributed by atoms with Gasteiger partial charge in [0.05, 0.1) is 0 Å². The fourth-order valence-electron chi connectivity index (χ4n) is 3.41. The molecule has 1 atom stereocenters. The Hall–Kier alpha value is -3.66. The van der Waals surface area contributed by atoms with Gasteiger partial charge in [-0.1, -0.05) is 60.7 Å². The molecule has 0 radical (unpaired) electrons. The van der Waals surface area contributed by atoms with Crippen molar-refractivity contribution in [2.24, 2.45) is 0 Å². The Morgan fingerprint density at radius 3 is 2.28 bits per heavy atom. The average Bonchev–Trinajstić information content (AvgIpc) is 2.76. The molecule has 0 aliphatic carbocycles. The summed E-state index contributed by atoms with van der Waals surface area (Å²) in [5.74, 6) is 0.409. The molecule has 0 amide bonds. The second-order valence-corrected chi connectivity index (χ2v) is 6.90.